The number of carbonyl (C=O) groups is 1. The van der Waals surface area contributed by atoms with Gasteiger partial charge in [-0.3, -0.25) is 0 Å². The van der Waals surface area contributed by atoms with Crippen molar-refractivity contribution in [3.8, 4) is 11.3 Å². The molecule has 168 valence electrons. The van der Waals surface area contributed by atoms with Crippen LogP contribution in [0.4, 0.5) is 11.5 Å². The summed E-state index contributed by atoms with van der Waals surface area (Å²) in [7, 11) is 0. The third-order valence-electron chi connectivity index (χ3n) is 5.09. The van der Waals surface area contributed by atoms with E-state index >= 15 is 0 Å². The lowest BCUT2D eigenvalue weighted by molar-refractivity contribution is -0.137. The average molecular weight is 461 g/mol. The summed E-state index contributed by atoms with van der Waals surface area (Å²) in [5.41, 5.74) is 4.82. The molecule has 0 saturated carbocycles. The van der Waals surface area contributed by atoms with Gasteiger partial charge in [-0.1, -0.05) is 72.8 Å². The number of anilines is 2. The largest absolute Gasteiger partial charge is 0.480 e. The molecule has 1 unspecified atom stereocenters. The van der Waals surface area contributed by atoms with Crippen LogP contribution in [0.1, 0.15) is 11.1 Å². The molecule has 0 fully saturated rings. The van der Waals surface area contributed by atoms with Gasteiger partial charge in [0, 0.05) is 30.3 Å². The lowest BCUT2D eigenvalue weighted by atomic mass is 10.1. The van der Waals surface area contributed by atoms with Crippen LogP contribution in [0.25, 0.3) is 11.3 Å². The second kappa shape index (κ2) is 11.6. The molecule has 0 aliphatic rings. The molecule has 0 radical (unpaired) electrons. The number of halogens is 1. The van der Waals surface area contributed by atoms with E-state index in [4.69, 9.17) is 0 Å². The van der Waals surface area contributed by atoms with E-state index in [0.29, 0.717) is 12.2 Å². The molecule has 1 heterocycles. The van der Waals surface area contributed by atoms with E-state index in [2.05, 4.69) is 32.7 Å². The van der Waals surface area contributed by atoms with E-state index in [9.17, 15) is 9.90 Å². The number of benzene rings is 3. The first-order chi connectivity index (χ1) is 15.7. The summed E-state index contributed by atoms with van der Waals surface area (Å²) in [6.45, 7) is 0.750. The quantitative estimate of drug-likeness (QED) is 0.315. The molecule has 33 heavy (non-hydrogen) atoms. The van der Waals surface area contributed by atoms with Gasteiger partial charge in [-0.25, -0.2) is 14.8 Å². The van der Waals surface area contributed by atoms with E-state index < -0.39 is 12.0 Å². The number of carboxylic acids is 1. The smallest absolute Gasteiger partial charge is 0.326 e. The van der Waals surface area contributed by atoms with Crippen molar-refractivity contribution in [1.82, 2.24) is 9.97 Å². The molecule has 1 atom stereocenters. The van der Waals surface area contributed by atoms with Gasteiger partial charge >= 0.3 is 5.97 Å². The Hall–Kier alpha value is -3.90. The number of nitrogens with one attached hydrogen (secondary N) is 2. The minimum absolute atomic E-state index is 0. The maximum atomic E-state index is 11.8. The highest BCUT2D eigenvalue weighted by Gasteiger charge is 2.18. The summed E-state index contributed by atoms with van der Waals surface area (Å²) in [5.74, 6) is -0.451. The summed E-state index contributed by atoms with van der Waals surface area (Å²) in [6.07, 6.45) is 1.80. The zero-order valence-corrected chi connectivity index (χ0v) is 18.7. The minimum Gasteiger partial charge on any atom is -0.480 e. The Labute approximate surface area is 199 Å². The molecular weight excluding hydrogens is 436 g/mol. The number of aromatic nitrogens is 2. The Bertz CT molecular complexity index is 1160. The van der Waals surface area contributed by atoms with Crippen molar-refractivity contribution in [1.29, 1.82) is 0 Å². The molecule has 0 bridgehead atoms. The topological polar surface area (TPSA) is 87.1 Å². The molecule has 0 saturated heterocycles. The number of carboxylic acid groups (broad SMARTS) is 1. The van der Waals surface area contributed by atoms with Crippen LogP contribution in [0, 0.1) is 0 Å². The van der Waals surface area contributed by atoms with E-state index in [1.807, 2.05) is 72.8 Å². The van der Waals surface area contributed by atoms with E-state index in [1.54, 1.807) is 6.07 Å². The first-order valence-corrected chi connectivity index (χ1v) is 10.4. The third-order valence-corrected chi connectivity index (χ3v) is 5.09. The fourth-order valence-electron chi connectivity index (χ4n) is 3.38. The summed E-state index contributed by atoms with van der Waals surface area (Å²) in [4.78, 5) is 20.3. The van der Waals surface area contributed by atoms with Crippen molar-refractivity contribution < 1.29 is 9.90 Å². The van der Waals surface area contributed by atoms with Crippen molar-refractivity contribution in [2.45, 2.75) is 19.0 Å². The van der Waals surface area contributed by atoms with E-state index in [-0.39, 0.29) is 12.4 Å². The van der Waals surface area contributed by atoms with Crippen LogP contribution in [0.3, 0.4) is 0 Å². The van der Waals surface area contributed by atoms with Crippen molar-refractivity contribution >= 4 is 29.9 Å². The molecule has 3 N–H and O–H groups in total. The number of nitrogens with zero attached hydrogens (tertiary/aromatic N) is 2. The van der Waals surface area contributed by atoms with Gasteiger partial charge in [0.25, 0.3) is 0 Å². The predicted molar refractivity (Wildman–Crippen MR) is 134 cm³/mol. The third kappa shape index (κ3) is 6.79. The van der Waals surface area contributed by atoms with Crippen LogP contribution in [-0.4, -0.2) is 27.1 Å². The summed E-state index contributed by atoms with van der Waals surface area (Å²) in [6, 6.07) is 28.7. The average Bonchev–Trinajstić information content (AvgIpc) is 2.84. The molecule has 0 aliphatic carbocycles. The van der Waals surface area contributed by atoms with Gasteiger partial charge in [0.05, 0.1) is 5.69 Å². The highest BCUT2D eigenvalue weighted by molar-refractivity contribution is 5.85. The van der Waals surface area contributed by atoms with Crippen molar-refractivity contribution in [2.75, 3.05) is 10.6 Å². The van der Waals surface area contributed by atoms with Gasteiger partial charge < -0.3 is 15.7 Å². The van der Waals surface area contributed by atoms with E-state index in [1.165, 1.54) is 11.9 Å². The summed E-state index contributed by atoms with van der Waals surface area (Å²) < 4.78 is 0. The minimum atomic E-state index is -0.928. The molecular formula is C26H25ClN4O2. The molecule has 0 amide bonds. The summed E-state index contributed by atoms with van der Waals surface area (Å²) in [5, 5.41) is 16.1. The van der Waals surface area contributed by atoms with Gasteiger partial charge in [-0.05, 0) is 23.3 Å². The second-order valence-electron chi connectivity index (χ2n) is 7.43. The molecule has 7 heteroatoms. The van der Waals surface area contributed by atoms with Crippen molar-refractivity contribution in [3.05, 3.63) is 108 Å². The predicted octanol–water partition coefficient (Wildman–Crippen LogP) is 5.29. The standard InChI is InChI=1S/C26H24N4O2.ClH/c31-26(32)24(15-19-7-3-1-4-8-19)30-25-16-23(28-18-29-25)21-11-13-22(14-12-21)27-17-20-9-5-2-6-10-20;/h1-14,16,18,24,27H,15,17H2,(H,31,32)(H,28,29,30);1H. The molecule has 0 aliphatic heterocycles. The lowest BCUT2D eigenvalue weighted by Crippen LogP contribution is -2.31. The Balaban J connectivity index is 0.00000306. The normalized spacial score (nSPS) is 11.2. The van der Waals surface area contributed by atoms with Crippen molar-refractivity contribution in [2.24, 2.45) is 0 Å². The summed E-state index contributed by atoms with van der Waals surface area (Å²) >= 11 is 0. The highest BCUT2D eigenvalue weighted by atomic mass is 35.5. The Morgan fingerprint density at radius 2 is 1.48 bits per heavy atom. The lowest BCUT2D eigenvalue weighted by Gasteiger charge is -2.15. The first-order valence-electron chi connectivity index (χ1n) is 10.4. The van der Waals surface area contributed by atoms with E-state index in [0.717, 1.165) is 29.1 Å². The van der Waals surface area contributed by atoms with Crippen LogP contribution in [0.5, 0.6) is 0 Å². The van der Waals surface area contributed by atoms with Gasteiger partial charge in [-0.2, -0.15) is 0 Å². The van der Waals surface area contributed by atoms with Crippen LogP contribution in [0.2, 0.25) is 0 Å². The molecule has 0 spiro atoms. The molecule has 3 aromatic carbocycles. The van der Waals surface area contributed by atoms with Crippen LogP contribution in [-0.2, 0) is 17.8 Å². The highest BCUT2D eigenvalue weighted by Crippen LogP contribution is 2.22. The zero-order chi connectivity index (χ0) is 22.2. The Kier molecular flexibility index (Phi) is 8.38. The first kappa shape index (κ1) is 23.8. The maximum Gasteiger partial charge on any atom is 0.326 e. The van der Waals surface area contributed by atoms with Gasteiger partial charge in [0.2, 0.25) is 0 Å². The fraction of sp³-hybridized carbons (Fsp3) is 0.115. The SMILES string of the molecule is Cl.O=C(O)C(Cc1ccccc1)Nc1cc(-c2ccc(NCc3ccccc3)cc2)ncn1. The number of hydrogen-bond acceptors (Lipinski definition) is 5. The fourth-order valence-corrected chi connectivity index (χ4v) is 3.38. The Morgan fingerprint density at radius 3 is 2.12 bits per heavy atom. The van der Waals surface area contributed by atoms with Gasteiger partial charge in [0.15, 0.2) is 0 Å². The second-order valence-corrected chi connectivity index (χ2v) is 7.43. The number of hydrogen-bond donors (Lipinski definition) is 3. The molecule has 1 aromatic heterocycles. The molecule has 6 nitrogen and oxygen atoms in total. The monoisotopic (exact) mass is 460 g/mol. The maximum absolute atomic E-state index is 11.8. The van der Waals surface area contributed by atoms with Crippen LogP contribution < -0.4 is 10.6 Å². The van der Waals surface area contributed by atoms with Gasteiger partial charge in [-0.15, -0.1) is 12.4 Å². The zero-order valence-electron chi connectivity index (χ0n) is 17.9. The Morgan fingerprint density at radius 1 is 0.848 bits per heavy atom. The van der Waals surface area contributed by atoms with Crippen molar-refractivity contribution in [3.63, 3.8) is 0 Å². The molecule has 4 rings (SSSR count). The number of aliphatic carboxylic acids is 1. The van der Waals surface area contributed by atoms with Gasteiger partial charge in [0.1, 0.15) is 18.2 Å². The number of rotatable bonds is 9. The van der Waals surface area contributed by atoms with Crippen LogP contribution in [0.15, 0.2) is 97.3 Å². The van der Waals surface area contributed by atoms with Crippen LogP contribution >= 0.6 is 12.4 Å². The molecule has 4 aromatic rings.